The highest BCUT2D eigenvalue weighted by Crippen LogP contribution is 2.21. The number of hydrogen-bond donors (Lipinski definition) is 1. The van der Waals surface area contributed by atoms with Gasteiger partial charge in [-0.3, -0.25) is 4.79 Å². The van der Waals surface area contributed by atoms with Crippen molar-refractivity contribution in [2.45, 2.75) is 19.3 Å². The first-order valence-electron chi connectivity index (χ1n) is 9.61. The fourth-order valence-corrected chi connectivity index (χ4v) is 3.75. The van der Waals surface area contributed by atoms with Gasteiger partial charge in [0.1, 0.15) is 23.6 Å². The van der Waals surface area contributed by atoms with Gasteiger partial charge in [-0.25, -0.2) is 9.97 Å². The van der Waals surface area contributed by atoms with Crippen molar-refractivity contribution < 1.29 is 9.90 Å². The lowest BCUT2D eigenvalue weighted by molar-refractivity contribution is 0.0740. The van der Waals surface area contributed by atoms with Gasteiger partial charge in [0.25, 0.3) is 5.91 Å². The average molecular weight is 367 g/mol. The Kier molecular flexibility index (Phi) is 5.09. The summed E-state index contributed by atoms with van der Waals surface area (Å²) in [5, 5.41) is 9.43. The number of aromatic nitrogens is 2. The van der Waals surface area contributed by atoms with Crippen molar-refractivity contribution in [2.75, 3.05) is 49.1 Å². The number of piperazine rings is 1. The summed E-state index contributed by atoms with van der Waals surface area (Å²) >= 11 is 0. The van der Waals surface area contributed by atoms with Crippen molar-refractivity contribution in [3.8, 4) is 5.75 Å². The highest BCUT2D eigenvalue weighted by atomic mass is 16.3. The van der Waals surface area contributed by atoms with Crippen molar-refractivity contribution in [3.63, 3.8) is 0 Å². The third-order valence-corrected chi connectivity index (χ3v) is 5.33. The molecule has 2 aliphatic heterocycles. The lowest BCUT2D eigenvalue weighted by atomic mass is 10.1. The summed E-state index contributed by atoms with van der Waals surface area (Å²) in [6, 6.07) is 9.02. The molecule has 7 heteroatoms. The summed E-state index contributed by atoms with van der Waals surface area (Å²) < 4.78 is 0. The van der Waals surface area contributed by atoms with Crippen molar-refractivity contribution in [2.24, 2.45) is 0 Å². The van der Waals surface area contributed by atoms with E-state index in [1.54, 1.807) is 12.1 Å². The molecule has 0 bridgehead atoms. The number of amides is 1. The fraction of sp³-hybridized carbons (Fsp3) is 0.450. The van der Waals surface area contributed by atoms with Crippen molar-refractivity contribution >= 4 is 17.4 Å². The van der Waals surface area contributed by atoms with Gasteiger partial charge in [0, 0.05) is 51.0 Å². The van der Waals surface area contributed by atoms with Gasteiger partial charge in [-0.2, -0.15) is 0 Å². The first-order chi connectivity index (χ1) is 13.2. The minimum absolute atomic E-state index is 0.0268. The number of carbonyl (C=O) groups is 1. The monoisotopic (exact) mass is 367 g/mol. The van der Waals surface area contributed by atoms with Crippen LogP contribution in [0, 0.1) is 0 Å². The Bertz CT molecular complexity index is 781. The van der Waals surface area contributed by atoms with Crippen molar-refractivity contribution in [1.29, 1.82) is 0 Å². The first kappa shape index (κ1) is 17.6. The number of piperidine rings is 1. The second kappa shape index (κ2) is 7.82. The van der Waals surface area contributed by atoms with E-state index < -0.39 is 0 Å². The Morgan fingerprint density at radius 3 is 2.26 bits per heavy atom. The average Bonchev–Trinajstić information content (AvgIpc) is 2.75. The topological polar surface area (TPSA) is 72.8 Å². The molecule has 1 amide bonds. The Hall–Kier alpha value is -2.83. The molecule has 0 aliphatic carbocycles. The molecule has 0 saturated carbocycles. The number of nitrogens with zero attached hydrogens (tertiary/aromatic N) is 5. The standard InChI is InChI=1S/C20H25N5O2/c26-17-6-4-16(5-7-17)23-10-12-25(13-11-23)20(27)18-14-19(22-15-21-18)24-8-2-1-3-9-24/h4-7,14-15,26H,1-3,8-13H2. The molecule has 142 valence electrons. The lowest BCUT2D eigenvalue weighted by Gasteiger charge is -2.36. The second-order valence-corrected chi connectivity index (χ2v) is 7.10. The summed E-state index contributed by atoms with van der Waals surface area (Å²) in [7, 11) is 0. The normalized spacial score (nSPS) is 17.9. The number of benzene rings is 1. The maximum absolute atomic E-state index is 12.9. The van der Waals surface area contributed by atoms with Gasteiger partial charge in [0.05, 0.1) is 0 Å². The molecule has 2 saturated heterocycles. The number of anilines is 2. The van der Waals surface area contributed by atoms with Crippen LogP contribution in [0.4, 0.5) is 11.5 Å². The molecule has 1 aromatic heterocycles. The van der Waals surface area contributed by atoms with Crippen LogP contribution < -0.4 is 9.80 Å². The number of phenols is 1. The van der Waals surface area contributed by atoms with E-state index in [1.165, 1.54) is 25.6 Å². The maximum Gasteiger partial charge on any atom is 0.272 e. The molecule has 0 atom stereocenters. The van der Waals surface area contributed by atoms with Crippen LogP contribution in [0.5, 0.6) is 5.75 Å². The second-order valence-electron chi connectivity index (χ2n) is 7.10. The van der Waals surface area contributed by atoms with E-state index >= 15 is 0 Å². The quantitative estimate of drug-likeness (QED) is 0.896. The van der Waals surface area contributed by atoms with E-state index in [0.717, 1.165) is 37.7 Å². The fourth-order valence-electron chi connectivity index (χ4n) is 3.75. The molecule has 0 radical (unpaired) electrons. The minimum Gasteiger partial charge on any atom is -0.508 e. The number of rotatable bonds is 3. The highest BCUT2D eigenvalue weighted by Gasteiger charge is 2.24. The number of aromatic hydroxyl groups is 1. The molecule has 1 N–H and O–H groups in total. The molecule has 2 fully saturated rings. The summed E-state index contributed by atoms with van der Waals surface area (Å²) in [4.78, 5) is 27.8. The molecule has 1 aromatic carbocycles. The van der Waals surface area contributed by atoms with Gasteiger partial charge in [-0.1, -0.05) is 0 Å². The van der Waals surface area contributed by atoms with E-state index in [4.69, 9.17) is 0 Å². The molecule has 4 rings (SSSR count). The lowest BCUT2D eigenvalue weighted by Crippen LogP contribution is -2.49. The number of carbonyl (C=O) groups excluding carboxylic acids is 1. The number of hydrogen-bond acceptors (Lipinski definition) is 6. The molecule has 0 spiro atoms. The third-order valence-electron chi connectivity index (χ3n) is 5.33. The molecule has 2 aromatic rings. The zero-order valence-corrected chi connectivity index (χ0v) is 15.4. The van der Waals surface area contributed by atoms with E-state index in [9.17, 15) is 9.90 Å². The molecule has 3 heterocycles. The molecule has 2 aliphatic rings. The van der Waals surface area contributed by atoms with Crippen molar-refractivity contribution in [3.05, 3.63) is 42.4 Å². The van der Waals surface area contributed by atoms with Gasteiger partial charge in [0.2, 0.25) is 0 Å². The van der Waals surface area contributed by atoms with Crippen molar-refractivity contribution in [1.82, 2.24) is 14.9 Å². The Morgan fingerprint density at radius 1 is 0.852 bits per heavy atom. The van der Waals surface area contributed by atoms with Gasteiger partial charge in [0.15, 0.2) is 0 Å². The molecule has 27 heavy (non-hydrogen) atoms. The Morgan fingerprint density at radius 2 is 1.56 bits per heavy atom. The van der Waals surface area contributed by atoms with Crippen LogP contribution in [0.3, 0.4) is 0 Å². The molecular formula is C20H25N5O2. The third kappa shape index (κ3) is 3.97. The van der Waals surface area contributed by atoms with Gasteiger partial charge >= 0.3 is 0 Å². The SMILES string of the molecule is O=C(c1cc(N2CCCCC2)ncn1)N1CCN(c2ccc(O)cc2)CC1. The predicted molar refractivity (Wildman–Crippen MR) is 104 cm³/mol. The minimum atomic E-state index is -0.0268. The van der Waals surface area contributed by atoms with Crippen LogP contribution in [0.1, 0.15) is 29.8 Å². The molecule has 7 nitrogen and oxygen atoms in total. The van der Waals surface area contributed by atoms with Gasteiger partial charge < -0.3 is 19.8 Å². The van der Waals surface area contributed by atoms with Crippen LogP contribution >= 0.6 is 0 Å². The molecule has 0 unspecified atom stereocenters. The first-order valence-corrected chi connectivity index (χ1v) is 9.61. The summed E-state index contributed by atoms with van der Waals surface area (Å²) in [6.45, 7) is 4.83. The zero-order chi connectivity index (χ0) is 18.6. The van der Waals surface area contributed by atoms with E-state index in [2.05, 4.69) is 19.8 Å². The Labute approximate surface area is 159 Å². The summed E-state index contributed by atoms with van der Waals surface area (Å²) in [5.41, 5.74) is 1.54. The van der Waals surface area contributed by atoms with Crippen LogP contribution in [0.2, 0.25) is 0 Å². The van der Waals surface area contributed by atoms with Crippen LogP contribution in [0.15, 0.2) is 36.7 Å². The highest BCUT2D eigenvalue weighted by molar-refractivity contribution is 5.93. The van der Waals surface area contributed by atoms with Gasteiger partial charge in [-0.05, 0) is 43.5 Å². The Balaban J connectivity index is 1.39. The van der Waals surface area contributed by atoms with E-state index in [-0.39, 0.29) is 11.7 Å². The zero-order valence-electron chi connectivity index (χ0n) is 15.4. The van der Waals surface area contributed by atoms with Crippen LogP contribution in [-0.2, 0) is 0 Å². The predicted octanol–water partition coefficient (Wildman–Crippen LogP) is 2.13. The van der Waals surface area contributed by atoms with Crippen LogP contribution in [-0.4, -0.2) is 65.2 Å². The van der Waals surface area contributed by atoms with Crippen LogP contribution in [0.25, 0.3) is 0 Å². The summed E-state index contributed by atoms with van der Waals surface area (Å²) in [6.07, 6.45) is 5.11. The smallest absolute Gasteiger partial charge is 0.272 e. The molecular weight excluding hydrogens is 342 g/mol. The summed E-state index contributed by atoms with van der Waals surface area (Å²) in [5.74, 6) is 1.10. The number of phenolic OH excluding ortho intramolecular Hbond substituents is 1. The van der Waals surface area contributed by atoms with Gasteiger partial charge in [-0.15, -0.1) is 0 Å². The van der Waals surface area contributed by atoms with E-state index in [0.29, 0.717) is 18.8 Å². The van der Waals surface area contributed by atoms with E-state index in [1.807, 2.05) is 23.1 Å². The maximum atomic E-state index is 12.9. The largest absolute Gasteiger partial charge is 0.508 e.